The maximum Gasteiger partial charge on any atom is 0.147 e. The van der Waals surface area contributed by atoms with E-state index < -0.39 is 5.82 Å². The molecule has 0 aliphatic rings. The number of aliphatic hydroxyl groups excluding tert-OH is 1. The van der Waals surface area contributed by atoms with Gasteiger partial charge in [0, 0.05) is 11.0 Å². The Hall–Kier alpha value is -0.640. The van der Waals surface area contributed by atoms with Crippen LogP contribution in [0.15, 0.2) is 18.2 Å². The van der Waals surface area contributed by atoms with Gasteiger partial charge in [0.15, 0.2) is 0 Å². The zero-order valence-corrected chi connectivity index (χ0v) is 10.2. The minimum absolute atomic E-state index is 0.0328. The maximum atomic E-state index is 13.4. The Morgan fingerprint density at radius 2 is 2.12 bits per heavy atom. The molecule has 1 aromatic rings. The fourth-order valence-electron chi connectivity index (χ4n) is 1.14. The summed E-state index contributed by atoms with van der Waals surface area (Å²) in [6.07, 6.45) is 0. The minimum atomic E-state index is -0.439. The van der Waals surface area contributed by atoms with E-state index in [9.17, 15) is 4.39 Å². The fraction of sp³-hybridized carbons (Fsp3) is 0.500. The molecule has 0 spiro atoms. The molecule has 0 unspecified atom stereocenters. The summed E-state index contributed by atoms with van der Waals surface area (Å²) in [6.45, 7) is 4.32. The van der Waals surface area contributed by atoms with E-state index in [1.807, 2.05) is 13.8 Å². The summed E-state index contributed by atoms with van der Waals surface area (Å²) in [5.41, 5.74) is 0.121. The SMILES string of the molecule is CC(C)(CO)COCc1cccc(Cl)c1F. The summed E-state index contributed by atoms with van der Waals surface area (Å²) in [5, 5.41) is 9.11. The van der Waals surface area contributed by atoms with E-state index in [1.54, 1.807) is 12.1 Å². The van der Waals surface area contributed by atoms with Gasteiger partial charge in [0.05, 0.1) is 24.8 Å². The van der Waals surface area contributed by atoms with Crippen molar-refractivity contribution in [3.05, 3.63) is 34.6 Å². The average molecular weight is 247 g/mol. The van der Waals surface area contributed by atoms with Gasteiger partial charge in [-0.2, -0.15) is 0 Å². The third-order valence-corrected chi connectivity index (χ3v) is 2.50. The Kier molecular flexibility index (Phi) is 4.71. The lowest BCUT2D eigenvalue weighted by Crippen LogP contribution is -2.23. The van der Waals surface area contributed by atoms with Crippen molar-refractivity contribution < 1.29 is 14.2 Å². The average Bonchev–Trinajstić information content (AvgIpc) is 2.24. The summed E-state index contributed by atoms with van der Waals surface area (Å²) in [6, 6.07) is 4.81. The molecule has 0 atom stereocenters. The highest BCUT2D eigenvalue weighted by Gasteiger charge is 2.17. The molecule has 0 amide bonds. The Morgan fingerprint density at radius 1 is 1.44 bits per heavy atom. The third kappa shape index (κ3) is 3.74. The maximum absolute atomic E-state index is 13.4. The zero-order valence-electron chi connectivity index (χ0n) is 9.46. The van der Waals surface area contributed by atoms with Gasteiger partial charge in [-0.05, 0) is 6.07 Å². The number of ether oxygens (including phenoxy) is 1. The van der Waals surface area contributed by atoms with Crippen LogP contribution in [0, 0.1) is 11.2 Å². The second kappa shape index (κ2) is 5.62. The molecule has 0 saturated heterocycles. The van der Waals surface area contributed by atoms with Crippen LogP contribution in [0.4, 0.5) is 4.39 Å². The number of rotatable bonds is 5. The molecule has 2 nitrogen and oxygen atoms in total. The van der Waals surface area contributed by atoms with E-state index in [0.717, 1.165) is 0 Å². The van der Waals surface area contributed by atoms with Gasteiger partial charge in [-0.3, -0.25) is 0 Å². The van der Waals surface area contributed by atoms with Gasteiger partial charge in [0.1, 0.15) is 5.82 Å². The van der Waals surface area contributed by atoms with Crippen LogP contribution < -0.4 is 0 Å². The highest BCUT2D eigenvalue weighted by atomic mass is 35.5. The molecule has 0 radical (unpaired) electrons. The second-order valence-corrected chi connectivity index (χ2v) is 4.94. The topological polar surface area (TPSA) is 29.5 Å². The van der Waals surface area contributed by atoms with Crippen LogP contribution >= 0.6 is 11.6 Å². The molecule has 0 aromatic heterocycles. The first-order valence-electron chi connectivity index (χ1n) is 5.08. The highest BCUT2D eigenvalue weighted by molar-refractivity contribution is 6.30. The van der Waals surface area contributed by atoms with Crippen LogP contribution in [0.3, 0.4) is 0 Å². The lowest BCUT2D eigenvalue weighted by atomic mass is 9.97. The van der Waals surface area contributed by atoms with E-state index in [0.29, 0.717) is 12.2 Å². The lowest BCUT2D eigenvalue weighted by Gasteiger charge is -2.21. The second-order valence-electron chi connectivity index (χ2n) is 4.53. The Bertz CT molecular complexity index is 353. The summed E-state index contributed by atoms with van der Waals surface area (Å²) >= 11 is 5.64. The van der Waals surface area contributed by atoms with Crippen molar-refractivity contribution in [1.82, 2.24) is 0 Å². The Balaban J connectivity index is 2.53. The van der Waals surface area contributed by atoms with Crippen molar-refractivity contribution in [3.8, 4) is 0 Å². The van der Waals surface area contributed by atoms with Crippen LogP contribution in [0.2, 0.25) is 5.02 Å². The van der Waals surface area contributed by atoms with Crippen molar-refractivity contribution in [2.24, 2.45) is 5.41 Å². The van der Waals surface area contributed by atoms with Crippen molar-refractivity contribution >= 4 is 11.6 Å². The predicted molar refractivity (Wildman–Crippen MR) is 61.9 cm³/mol. The van der Waals surface area contributed by atoms with Gasteiger partial charge >= 0.3 is 0 Å². The number of hydrogen-bond acceptors (Lipinski definition) is 2. The molecule has 0 aliphatic carbocycles. The van der Waals surface area contributed by atoms with Gasteiger partial charge in [0.2, 0.25) is 0 Å². The quantitative estimate of drug-likeness (QED) is 0.866. The molecule has 1 aromatic carbocycles. The highest BCUT2D eigenvalue weighted by Crippen LogP contribution is 2.20. The summed E-state index contributed by atoms with van der Waals surface area (Å²) in [7, 11) is 0. The summed E-state index contributed by atoms with van der Waals surface area (Å²) < 4.78 is 18.8. The first-order chi connectivity index (χ1) is 7.46. The summed E-state index contributed by atoms with van der Waals surface area (Å²) in [5.74, 6) is -0.439. The molecule has 0 fully saturated rings. The normalized spacial score (nSPS) is 11.8. The van der Waals surface area contributed by atoms with Gasteiger partial charge < -0.3 is 9.84 Å². The lowest BCUT2D eigenvalue weighted by molar-refractivity contribution is 0.0188. The number of aliphatic hydroxyl groups is 1. The summed E-state index contributed by atoms with van der Waals surface area (Å²) in [4.78, 5) is 0. The molecule has 1 rings (SSSR count). The molecule has 0 heterocycles. The van der Waals surface area contributed by atoms with Gasteiger partial charge in [0.25, 0.3) is 0 Å². The van der Waals surface area contributed by atoms with Crippen molar-refractivity contribution in [1.29, 1.82) is 0 Å². The first-order valence-corrected chi connectivity index (χ1v) is 5.45. The fourth-order valence-corrected chi connectivity index (χ4v) is 1.34. The molecule has 4 heteroatoms. The molecule has 16 heavy (non-hydrogen) atoms. The zero-order chi connectivity index (χ0) is 12.2. The van der Waals surface area contributed by atoms with Gasteiger partial charge in [-0.25, -0.2) is 4.39 Å². The van der Waals surface area contributed by atoms with Gasteiger partial charge in [-0.15, -0.1) is 0 Å². The minimum Gasteiger partial charge on any atom is -0.396 e. The van der Waals surface area contributed by atoms with E-state index in [2.05, 4.69) is 0 Å². The monoisotopic (exact) mass is 246 g/mol. The van der Waals surface area contributed by atoms with Gasteiger partial charge in [-0.1, -0.05) is 37.6 Å². The van der Waals surface area contributed by atoms with Crippen LogP contribution in [0.1, 0.15) is 19.4 Å². The van der Waals surface area contributed by atoms with Crippen molar-refractivity contribution in [2.45, 2.75) is 20.5 Å². The number of halogens is 2. The van der Waals surface area contributed by atoms with E-state index in [4.69, 9.17) is 21.4 Å². The largest absolute Gasteiger partial charge is 0.396 e. The van der Waals surface area contributed by atoms with Crippen LogP contribution in [-0.4, -0.2) is 18.3 Å². The van der Waals surface area contributed by atoms with Crippen molar-refractivity contribution in [3.63, 3.8) is 0 Å². The molecular formula is C12H16ClFO2. The van der Waals surface area contributed by atoms with E-state index in [-0.39, 0.29) is 23.7 Å². The molecule has 1 N–H and O–H groups in total. The first kappa shape index (κ1) is 13.4. The molecular weight excluding hydrogens is 231 g/mol. The third-order valence-electron chi connectivity index (χ3n) is 2.21. The number of hydrogen-bond donors (Lipinski definition) is 1. The van der Waals surface area contributed by atoms with E-state index >= 15 is 0 Å². The van der Waals surface area contributed by atoms with Crippen molar-refractivity contribution in [2.75, 3.05) is 13.2 Å². The molecule has 0 saturated carbocycles. The Morgan fingerprint density at radius 3 is 2.75 bits per heavy atom. The van der Waals surface area contributed by atoms with Crippen LogP contribution in [0.25, 0.3) is 0 Å². The Labute approximate surface area is 100.0 Å². The molecule has 0 aliphatic heterocycles. The standard InChI is InChI=1S/C12H16ClFO2/c1-12(2,7-15)8-16-6-9-4-3-5-10(13)11(9)14/h3-5,15H,6-8H2,1-2H3. The van der Waals surface area contributed by atoms with Crippen LogP contribution in [-0.2, 0) is 11.3 Å². The molecule has 0 bridgehead atoms. The number of benzene rings is 1. The van der Waals surface area contributed by atoms with E-state index in [1.165, 1.54) is 6.07 Å². The smallest absolute Gasteiger partial charge is 0.147 e. The van der Waals surface area contributed by atoms with Crippen LogP contribution in [0.5, 0.6) is 0 Å². The predicted octanol–water partition coefficient (Wildman–Crippen LogP) is 3.01. The molecule has 90 valence electrons.